The van der Waals surface area contributed by atoms with Crippen molar-refractivity contribution in [3.05, 3.63) is 211 Å². The Morgan fingerprint density at radius 3 is 0.760 bits per heavy atom. The van der Waals surface area contributed by atoms with Crippen LogP contribution in [-0.4, -0.2) is 0 Å². The molecule has 7 aromatic rings. The molecule has 0 amide bonds. The van der Waals surface area contributed by atoms with Crippen molar-refractivity contribution in [1.82, 2.24) is 0 Å². The molecule has 0 unspecified atom stereocenters. The smallest absolute Gasteiger partial charge is 0.0134 e. The Morgan fingerprint density at radius 1 is 0.340 bits per heavy atom. The molecule has 0 aromatic heterocycles. The zero-order valence-electron chi connectivity index (χ0n) is 26.9. The van der Waals surface area contributed by atoms with Crippen molar-refractivity contribution in [2.45, 2.75) is 0 Å². The van der Waals surface area contributed by atoms with Gasteiger partial charge >= 0.3 is 94.8 Å². The molecule has 0 heterocycles. The van der Waals surface area contributed by atoms with E-state index in [1.54, 1.807) is 12.1 Å². The zero-order valence-corrected chi connectivity index (χ0v) is 34.4. The molecule has 0 spiro atoms. The molecule has 0 atom stereocenters. The third kappa shape index (κ3) is 12.5. The van der Waals surface area contributed by atoms with Crippen LogP contribution in [0.4, 0.5) is 5.69 Å². The maximum Gasteiger partial charge on any atom is -0.0134 e. The molecule has 1 nitrogen and oxygen atoms in total. The first kappa shape index (κ1) is 38.4. The first-order chi connectivity index (χ1) is 24.4. The number of rotatable bonds is 7. The van der Waals surface area contributed by atoms with Crippen LogP contribution >= 0.6 is 60.5 Å². The topological polar surface area (TPSA) is 12.4 Å². The number of hydrogen-bond donors (Lipinski definition) is 0. The van der Waals surface area contributed by atoms with E-state index in [1.807, 2.05) is 12.1 Å². The SMILES string of the molecule is [Cl][Tc]([Cl])([Cl])=[N]c1ccc(Br)cc1.c1ccc(P(c2ccccc2)c2ccccc2)cc1.c1ccc(P(c2ccccc2)c2ccccc2)cc1. The van der Waals surface area contributed by atoms with E-state index in [0.717, 1.165) is 10.2 Å². The molecular weight excluding hydrogens is 865 g/mol. The molecule has 0 saturated carbocycles. The van der Waals surface area contributed by atoms with Gasteiger partial charge in [0.2, 0.25) is 0 Å². The average molecular weight is 899 g/mol. The van der Waals surface area contributed by atoms with Crippen molar-refractivity contribution in [2.75, 3.05) is 0 Å². The Balaban J connectivity index is 0.000000150. The van der Waals surface area contributed by atoms with E-state index >= 15 is 0 Å². The molecule has 0 fully saturated rings. The van der Waals surface area contributed by atoms with E-state index in [9.17, 15) is 0 Å². The Morgan fingerprint density at radius 2 is 0.560 bits per heavy atom. The van der Waals surface area contributed by atoms with Gasteiger partial charge in [-0.2, -0.15) is 0 Å². The van der Waals surface area contributed by atoms with Gasteiger partial charge in [-0.1, -0.05) is 182 Å². The van der Waals surface area contributed by atoms with Crippen molar-refractivity contribution in [3.8, 4) is 0 Å². The molecule has 7 rings (SSSR count). The zero-order chi connectivity index (χ0) is 35.0. The summed E-state index contributed by atoms with van der Waals surface area (Å²) in [6.45, 7) is 0. The Bertz CT molecular complexity index is 1720. The summed E-state index contributed by atoms with van der Waals surface area (Å²) in [6.07, 6.45) is 0. The fourth-order valence-corrected chi connectivity index (χ4v) is 12.0. The van der Waals surface area contributed by atoms with Gasteiger partial charge in [0.25, 0.3) is 0 Å². The molecule has 0 N–H and O–H groups in total. The van der Waals surface area contributed by atoms with Crippen LogP contribution in [0.3, 0.4) is 0 Å². The van der Waals surface area contributed by atoms with Gasteiger partial charge in [0.1, 0.15) is 0 Å². The van der Waals surface area contributed by atoms with Gasteiger partial charge in [-0.15, -0.1) is 0 Å². The summed E-state index contributed by atoms with van der Waals surface area (Å²) in [4.78, 5) is 0. The Hall–Kier alpha value is -2.80. The first-order valence-corrected chi connectivity index (χ1v) is 27.1. The summed E-state index contributed by atoms with van der Waals surface area (Å²) in [5.41, 5.74) is 0.717. The van der Waals surface area contributed by atoms with E-state index in [1.165, 1.54) is 31.8 Å². The van der Waals surface area contributed by atoms with Crippen molar-refractivity contribution in [3.63, 3.8) is 0 Å². The van der Waals surface area contributed by atoms with E-state index in [0.29, 0.717) is 0 Å². The van der Waals surface area contributed by atoms with Crippen LogP contribution in [0.2, 0.25) is 0 Å². The summed E-state index contributed by atoms with van der Waals surface area (Å²) in [6, 6.07) is 72.0. The standard InChI is InChI=1S/2C18H15P.C6H4BrN.3ClH.Tc/c2*1-4-10-16(11-5-1)19(17-12-6-2-7-13-17)18-14-8-3-9-15-18;7-5-1-3-6(8)4-2-5;;;;/h2*1-15H;1-4H;3*1H;/q;;;;;;+3/p-3. The van der Waals surface area contributed by atoms with Crippen LogP contribution in [0.1, 0.15) is 0 Å². The Labute approximate surface area is 321 Å². The second kappa shape index (κ2) is 20.3. The van der Waals surface area contributed by atoms with Gasteiger partial charge in [-0.05, 0) is 47.7 Å². The number of hydrogen-bond acceptors (Lipinski definition) is 1. The summed E-state index contributed by atoms with van der Waals surface area (Å²) in [5.74, 6) is 0. The monoisotopic (exact) mass is 895 g/mol. The minimum Gasteiger partial charge on any atom is -0.0622 e. The molecule has 8 heteroatoms. The maximum absolute atomic E-state index is 5.64. The molecule has 0 aliphatic carbocycles. The van der Waals surface area contributed by atoms with Crippen LogP contribution < -0.4 is 31.8 Å². The second-order valence-electron chi connectivity index (χ2n) is 10.6. The third-order valence-corrected chi connectivity index (χ3v) is 14.6. The van der Waals surface area contributed by atoms with E-state index < -0.39 is 27.9 Å². The fourth-order valence-electron chi connectivity index (χ4n) is 4.96. The van der Waals surface area contributed by atoms with Gasteiger partial charge in [-0.25, -0.2) is 0 Å². The predicted octanol–water partition coefficient (Wildman–Crippen LogP) is 11.8. The summed E-state index contributed by atoms with van der Waals surface area (Å²) < 4.78 is 4.97. The molecule has 0 aliphatic heterocycles. The van der Waals surface area contributed by atoms with E-state index in [-0.39, 0.29) is 0 Å². The van der Waals surface area contributed by atoms with Crippen LogP contribution in [0.5, 0.6) is 0 Å². The third-order valence-electron chi connectivity index (χ3n) is 7.11. The van der Waals surface area contributed by atoms with Gasteiger partial charge < -0.3 is 0 Å². The number of nitrogens with zero attached hydrogens (tertiary/aromatic N) is 1. The molecule has 0 saturated heterocycles. The fraction of sp³-hybridized carbons (Fsp3) is 0. The van der Waals surface area contributed by atoms with E-state index in [2.05, 4.69) is 202 Å². The molecular formula is C42H34BrCl3NP2Tc. The van der Waals surface area contributed by atoms with E-state index in [4.69, 9.17) is 28.8 Å². The number of benzene rings is 7. The molecule has 252 valence electrons. The summed E-state index contributed by atoms with van der Waals surface area (Å²) >= 11 is 0.0213. The van der Waals surface area contributed by atoms with Crippen LogP contribution in [0.15, 0.2) is 214 Å². The van der Waals surface area contributed by atoms with Crippen molar-refractivity contribution >= 4 is 98.0 Å². The summed E-state index contributed by atoms with van der Waals surface area (Å²) in [7, 11) is 16.0. The maximum atomic E-state index is 5.64. The van der Waals surface area contributed by atoms with Crippen molar-refractivity contribution in [1.29, 1.82) is 0 Å². The normalized spacial score (nSPS) is 11.1. The molecule has 7 aromatic carbocycles. The quantitative estimate of drug-likeness (QED) is 0.141. The van der Waals surface area contributed by atoms with Crippen LogP contribution in [0, 0.1) is 0 Å². The van der Waals surface area contributed by atoms with Gasteiger partial charge in [0, 0.05) is 0 Å². The molecule has 0 radical (unpaired) electrons. The van der Waals surface area contributed by atoms with Crippen molar-refractivity contribution in [2.24, 2.45) is 3.61 Å². The second-order valence-corrected chi connectivity index (χ2v) is 28.0. The summed E-state index contributed by atoms with van der Waals surface area (Å²) in [5, 5.41) is 8.39. The predicted molar refractivity (Wildman–Crippen MR) is 224 cm³/mol. The first-order valence-electron chi connectivity index (χ1n) is 15.6. The minimum atomic E-state index is -3.28. The largest absolute Gasteiger partial charge is 0.0622 e. The van der Waals surface area contributed by atoms with Crippen LogP contribution in [-0.2, 0) is 12.1 Å². The average Bonchev–Trinajstić information content (AvgIpc) is 3.16. The van der Waals surface area contributed by atoms with Gasteiger partial charge in [0.05, 0.1) is 0 Å². The minimum absolute atomic E-state index is 0.446. The molecule has 0 aliphatic rings. The van der Waals surface area contributed by atoms with Crippen LogP contribution in [0.25, 0.3) is 0 Å². The molecule has 0 bridgehead atoms. The Kier molecular flexibility index (Phi) is 15.6. The number of halogens is 4. The molecule has 50 heavy (non-hydrogen) atoms. The van der Waals surface area contributed by atoms with Gasteiger partial charge in [-0.3, -0.25) is 0 Å². The van der Waals surface area contributed by atoms with Gasteiger partial charge in [0.15, 0.2) is 0 Å². The van der Waals surface area contributed by atoms with Crippen molar-refractivity contribution < 1.29 is 12.1 Å².